The van der Waals surface area contributed by atoms with E-state index in [0.29, 0.717) is 30.6 Å². The molecule has 1 N–H and O–H groups in total. The van der Waals surface area contributed by atoms with Crippen LogP contribution in [-0.4, -0.2) is 20.2 Å². The Hall–Kier alpha value is -1.20. The van der Waals surface area contributed by atoms with Crippen LogP contribution in [0, 0.1) is 20.8 Å². The summed E-state index contributed by atoms with van der Waals surface area (Å²) in [5.41, 5.74) is 2.59. The Morgan fingerprint density at radius 2 is 1.55 bits per heavy atom. The van der Waals surface area contributed by atoms with Gasteiger partial charge in [-0.1, -0.05) is 17.7 Å². The maximum atomic E-state index is 12.5. The lowest BCUT2D eigenvalue weighted by Gasteiger charge is -2.23. The van der Waals surface area contributed by atoms with Crippen molar-refractivity contribution in [3.05, 3.63) is 28.8 Å². The summed E-state index contributed by atoms with van der Waals surface area (Å²) in [5.74, 6) is 0.225. The Labute approximate surface area is 120 Å². The molecule has 1 aromatic rings. The fourth-order valence-corrected chi connectivity index (χ4v) is 4.68. The summed E-state index contributed by atoms with van der Waals surface area (Å²) in [4.78, 5) is 11.6. The first-order valence-corrected chi connectivity index (χ1v) is 8.40. The largest absolute Gasteiger partial charge is 0.300 e. The van der Waals surface area contributed by atoms with Gasteiger partial charge in [-0.3, -0.25) is 4.79 Å². The minimum absolute atomic E-state index is 0.127. The van der Waals surface area contributed by atoms with Crippen LogP contribution in [0.1, 0.15) is 42.4 Å². The van der Waals surface area contributed by atoms with Gasteiger partial charge in [-0.05, 0) is 44.7 Å². The monoisotopic (exact) mass is 295 g/mol. The van der Waals surface area contributed by atoms with E-state index in [0.717, 1.165) is 16.7 Å². The van der Waals surface area contributed by atoms with Gasteiger partial charge in [0.25, 0.3) is 0 Å². The summed E-state index contributed by atoms with van der Waals surface area (Å²) >= 11 is 0. The number of ketones is 1. The molecule has 5 heteroatoms. The highest BCUT2D eigenvalue weighted by atomic mass is 32.2. The van der Waals surface area contributed by atoms with Crippen molar-refractivity contribution in [3.63, 3.8) is 0 Å². The van der Waals surface area contributed by atoms with Crippen LogP contribution in [0.25, 0.3) is 0 Å². The lowest BCUT2D eigenvalue weighted by atomic mass is 9.95. The van der Waals surface area contributed by atoms with E-state index in [-0.39, 0.29) is 11.8 Å². The second kappa shape index (κ2) is 5.66. The van der Waals surface area contributed by atoms with E-state index in [1.54, 1.807) is 0 Å². The van der Waals surface area contributed by atoms with Gasteiger partial charge in [0.2, 0.25) is 10.0 Å². The highest BCUT2D eigenvalue weighted by molar-refractivity contribution is 7.89. The normalized spacial score (nSPS) is 17.4. The SMILES string of the molecule is Cc1cc(C)c(S(=O)(=O)NC2CCC(=O)CC2)c(C)c1. The van der Waals surface area contributed by atoms with Crippen molar-refractivity contribution in [2.24, 2.45) is 0 Å². The third-order valence-electron chi connectivity index (χ3n) is 3.74. The van der Waals surface area contributed by atoms with Gasteiger partial charge in [0.05, 0.1) is 4.90 Å². The zero-order valence-corrected chi connectivity index (χ0v) is 13.0. The van der Waals surface area contributed by atoms with Crippen LogP contribution >= 0.6 is 0 Å². The molecule has 0 unspecified atom stereocenters. The van der Waals surface area contributed by atoms with Crippen molar-refractivity contribution >= 4 is 15.8 Å². The molecule has 1 saturated carbocycles. The number of nitrogens with one attached hydrogen (secondary N) is 1. The predicted molar refractivity (Wildman–Crippen MR) is 78.2 cm³/mol. The molecule has 1 fully saturated rings. The fourth-order valence-electron chi connectivity index (χ4n) is 2.93. The van der Waals surface area contributed by atoms with E-state index in [1.165, 1.54) is 0 Å². The summed E-state index contributed by atoms with van der Waals surface area (Å²) < 4.78 is 27.8. The molecular weight excluding hydrogens is 274 g/mol. The van der Waals surface area contributed by atoms with Gasteiger partial charge >= 0.3 is 0 Å². The Bertz CT molecular complexity index is 602. The molecule has 0 bridgehead atoms. The van der Waals surface area contributed by atoms with E-state index < -0.39 is 10.0 Å². The molecule has 0 saturated heterocycles. The molecule has 0 spiro atoms. The van der Waals surface area contributed by atoms with Crippen molar-refractivity contribution in [2.75, 3.05) is 0 Å². The topological polar surface area (TPSA) is 63.2 Å². The lowest BCUT2D eigenvalue weighted by Crippen LogP contribution is -2.38. The van der Waals surface area contributed by atoms with Crippen molar-refractivity contribution < 1.29 is 13.2 Å². The Balaban J connectivity index is 2.25. The quantitative estimate of drug-likeness (QED) is 0.931. The average Bonchev–Trinajstić information content (AvgIpc) is 2.30. The first-order valence-electron chi connectivity index (χ1n) is 6.91. The molecular formula is C15H21NO3S. The number of sulfonamides is 1. The summed E-state index contributed by atoms with van der Waals surface area (Å²) in [6.07, 6.45) is 2.14. The molecule has 0 aliphatic heterocycles. The maximum Gasteiger partial charge on any atom is 0.241 e. The number of aryl methyl sites for hydroxylation is 3. The number of carbonyl (C=O) groups is 1. The van der Waals surface area contributed by atoms with E-state index in [1.807, 2.05) is 32.9 Å². The Morgan fingerprint density at radius 1 is 1.05 bits per heavy atom. The fraction of sp³-hybridized carbons (Fsp3) is 0.533. The standard InChI is InChI=1S/C15H21NO3S/c1-10-8-11(2)15(12(3)9-10)20(18,19)16-13-4-6-14(17)7-5-13/h8-9,13,16H,4-7H2,1-3H3. The molecule has 0 amide bonds. The zero-order valence-electron chi connectivity index (χ0n) is 12.2. The minimum atomic E-state index is -3.52. The first-order chi connectivity index (χ1) is 9.29. The molecule has 1 aromatic carbocycles. The Kier molecular flexibility index (Phi) is 4.30. The summed E-state index contributed by atoms with van der Waals surface area (Å²) in [6, 6.07) is 3.63. The smallest absolute Gasteiger partial charge is 0.241 e. The molecule has 0 radical (unpaired) electrons. The van der Waals surface area contributed by atoms with Crippen LogP contribution in [0.5, 0.6) is 0 Å². The molecule has 0 heterocycles. The number of hydrogen-bond donors (Lipinski definition) is 1. The molecule has 4 nitrogen and oxygen atoms in total. The molecule has 0 aromatic heterocycles. The second-order valence-electron chi connectivity index (χ2n) is 5.66. The number of Topliss-reactive ketones (excluding diaryl/α,β-unsaturated/α-hetero) is 1. The van der Waals surface area contributed by atoms with Crippen LogP contribution in [0.3, 0.4) is 0 Å². The van der Waals surface area contributed by atoms with Crippen LogP contribution < -0.4 is 4.72 Å². The van der Waals surface area contributed by atoms with E-state index >= 15 is 0 Å². The zero-order chi connectivity index (χ0) is 14.9. The van der Waals surface area contributed by atoms with Gasteiger partial charge in [-0.25, -0.2) is 13.1 Å². The van der Waals surface area contributed by atoms with Crippen LogP contribution in [0.2, 0.25) is 0 Å². The third kappa shape index (κ3) is 3.27. The predicted octanol–water partition coefficient (Wildman–Crippen LogP) is 2.40. The first kappa shape index (κ1) is 15.2. The third-order valence-corrected chi connectivity index (χ3v) is 5.56. The van der Waals surface area contributed by atoms with Crippen LogP contribution in [-0.2, 0) is 14.8 Å². The molecule has 110 valence electrons. The van der Waals surface area contributed by atoms with Crippen LogP contribution in [0.15, 0.2) is 17.0 Å². The summed E-state index contributed by atoms with van der Waals surface area (Å²) in [6.45, 7) is 5.59. The van der Waals surface area contributed by atoms with Crippen LogP contribution in [0.4, 0.5) is 0 Å². The van der Waals surface area contributed by atoms with Gasteiger partial charge in [0.15, 0.2) is 0 Å². The number of hydrogen-bond acceptors (Lipinski definition) is 3. The minimum Gasteiger partial charge on any atom is -0.300 e. The molecule has 2 rings (SSSR count). The summed E-state index contributed by atoms with van der Waals surface area (Å²) in [5, 5.41) is 0. The van der Waals surface area contributed by atoms with E-state index in [2.05, 4.69) is 4.72 Å². The average molecular weight is 295 g/mol. The van der Waals surface area contributed by atoms with E-state index in [4.69, 9.17) is 0 Å². The summed E-state index contributed by atoms with van der Waals surface area (Å²) in [7, 11) is -3.52. The maximum absolute atomic E-state index is 12.5. The molecule has 20 heavy (non-hydrogen) atoms. The highest BCUT2D eigenvalue weighted by Gasteiger charge is 2.26. The number of rotatable bonds is 3. The van der Waals surface area contributed by atoms with Crippen molar-refractivity contribution in [1.29, 1.82) is 0 Å². The lowest BCUT2D eigenvalue weighted by molar-refractivity contribution is -0.120. The van der Waals surface area contributed by atoms with Gasteiger partial charge in [-0.2, -0.15) is 0 Å². The number of benzene rings is 1. The van der Waals surface area contributed by atoms with Gasteiger partial charge in [0, 0.05) is 18.9 Å². The molecule has 1 aliphatic rings. The number of carbonyl (C=O) groups excluding carboxylic acids is 1. The van der Waals surface area contributed by atoms with Crippen molar-refractivity contribution in [1.82, 2.24) is 4.72 Å². The van der Waals surface area contributed by atoms with E-state index in [9.17, 15) is 13.2 Å². The molecule has 0 atom stereocenters. The van der Waals surface area contributed by atoms with Crippen molar-refractivity contribution in [3.8, 4) is 0 Å². The van der Waals surface area contributed by atoms with Gasteiger partial charge in [-0.15, -0.1) is 0 Å². The van der Waals surface area contributed by atoms with Gasteiger partial charge < -0.3 is 0 Å². The van der Waals surface area contributed by atoms with Gasteiger partial charge in [0.1, 0.15) is 5.78 Å². The highest BCUT2D eigenvalue weighted by Crippen LogP contribution is 2.24. The second-order valence-corrected chi connectivity index (χ2v) is 7.31. The Morgan fingerprint density at radius 3 is 2.05 bits per heavy atom. The molecule has 1 aliphatic carbocycles. The van der Waals surface area contributed by atoms with Crippen molar-refractivity contribution in [2.45, 2.75) is 57.4 Å².